The van der Waals surface area contributed by atoms with E-state index in [2.05, 4.69) is 4.31 Å². The molecule has 0 N–H and O–H groups in total. The van der Waals surface area contributed by atoms with Crippen LogP contribution in [0.15, 0.2) is 18.2 Å². The van der Waals surface area contributed by atoms with Crippen LogP contribution in [-0.2, 0) is 16.0 Å². The van der Waals surface area contributed by atoms with Gasteiger partial charge in [0.15, 0.2) is 11.5 Å². The maximum absolute atomic E-state index is 12.8. The first-order chi connectivity index (χ1) is 14.8. The lowest BCUT2D eigenvalue weighted by Gasteiger charge is -2.34. The Labute approximate surface area is 189 Å². The lowest BCUT2D eigenvalue weighted by atomic mass is 9.95. The summed E-state index contributed by atoms with van der Waals surface area (Å²) in [6.07, 6.45) is 6.30. The molecule has 0 spiro atoms. The molecule has 1 aromatic rings. The van der Waals surface area contributed by atoms with Gasteiger partial charge in [-0.1, -0.05) is 31.4 Å². The van der Waals surface area contributed by atoms with E-state index in [1.165, 1.54) is 35.7 Å². The van der Waals surface area contributed by atoms with Gasteiger partial charge in [0.05, 0.1) is 13.0 Å². The minimum absolute atomic E-state index is 0.214. The number of nitrogens with zero attached hydrogens (tertiary/aromatic N) is 2. The smallest absolute Gasteiger partial charge is 0.426 e. The number of carbonyl (C=O) groups excluding carboxylic acids is 2. The highest BCUT2D eigenvalue weighted by atomic mass is 32.2. The van der Waals surface area contributed by atoms with Crippen LogP contribution in [-0.4, -0.2) is 52.5 Å². The van der Waals surface area contributed by atoms with E-state index in [0.29, 0.717) is 37.1 Å². The highest BCUT2D eigenvalue weighted by Crippen LogP contribution is 2.42. The summed E-state index contributed by atoms with van der Waals surface area (Å²) in [6, 6.07) is 5.97. The van der Waals surface area contributed by atoms with E-state index in [1.807, 2.05) is 26.0 Å². The van der Waals surface area contributed by atoms with Crippen molar-refractivity contribution in [1.82, 2.24) is 8.61 Å². The molecule has 1 heterocycles. The molecular formula is C23H34N2O5S. The monoisotopic (exact) mass is 450 g/mol. The van der Waals surface area contributed by atoms with Crippen LogP contribution in [0.2, 0.25) is 0 Å². The topological polar surface area (TPSA) is 68.3 Å². The number of carbonyl (C=O) groups is 2. The van der Waals surface area contributed by atoms with Gasteiger partial charge in [-0.15, -0.1) is 0 Å². The standard InChI is InChI=1S/C23H34N2O5S/c1-5-28-20(26)14-15-25(18-11-7-6-8-12-18)31-24(4)22(27)29-19-13-9-10-17-16-23(2,3)30-21(17)19/h9-10,13,18H,5-8,11-12,14-16H2,1-4H3. The summed E-state index contributed by atoms with van der Waals surface area (Å²) in [7, 11) is 1.70. The highest BCUT2D eigenvalue weighted by Gasteiger charge is 2.33. The number of rotatable bonds is 8. The lowest BCUT2D eigenvalue weighted by Crippen LogP contribution is -2.38. The minimum Gasteiger partial charge on any atom is -0.483 e. The quantitative estimate of drug-likeness (QED) is 0.409. The molecule has 1 aliphatic heterocycles. The maximum atomic E-state index is 12.8. The Bertz CT molecular complexity index is 779. The molecule has 1 amide bonds. The van der Waals surface area contributed by atoms with Gasteiger partial charge in [0.25, 0.3) is 0 Å². The van der Waals surface area contributed by atoms with Crippen molar-refractivity contribution >= 4 is 24.2 Å². The van der Waals surface area contributed by atoms with Gasteiger partial charge in [0.1, 0.15) is 5.60 Å². The Morgan fingerprint density at radius 1 is 1.23 bits per heavy atom. The minimum atomic E-state index is -0.469. The van der Waals surface area contributed by atoms with E-state index in [4.69, 9.17) is 14.2 Å². The Morgan fingerprint density at radius 3 is 2.68 bits per heavy atom. The molecule has 31 heavy (non-hydrogen) atoms. The molecule has 172 valence electrons. The SMILES string of the molecule is CCOC(=O)CCN(SN(C)C(=O)Oc1cccc2c1OC(C)(C)C2)C1CCCCC1. The molecule has 0 saturated heterocycles. The number of benzene rings is 1. The first-order valence-corrected chi connectivity index (χ1v) is 11.9. The fraction of sp³-hybridized carbons (Fsp3) is 0.652. The molecular weight excluding hydrogens is 416 g/mol. The zero-order valence-corrected chi connectivity index (χ0v) is 19.8. The van der Waals surface area contributed by atoms with Crippen LogP contribution in [0.3, 0.4) is 0 Å². The average molecular weight is 451 g/mol. The highest BCUT2D eigenvalue weighted by molar-refractivity contribution is 7.95. The van der Waals surface area contributed by atoms with Crippen molar-refractivity contribution in [2.24, 2.45) is 0 Å². The number of amides is 1. The van der Waals surface area contributed by atoms with Crippen LogP contribution in [0.5, 0.6) is 11.5 Å². The summed E-state index contributed by atoms with van der Waals surface area (Å²) in [4.78, 5) is 24.7. The molecule has 8 heteroatoms. The van der Waals surface area contributed by atoms with E-state index < -0.39 is 6.09 Å². The summed E-state index contributed by atoms with van der Waals surface area (Å²) in [5, 5.41) is 0. The predicted molar refractivity (Wildman–Crippen MR) is 121 cm³/mol. The largest absolute Gasteiger partial charge is 0.483 e. The number of hydrogen-bond donors (Lipinski definition) is 0. The molecule has 0 unspecified atom stereocenters. The molecule has 1 aliphatic carbocycles. The van der Waals surface area contributed by atoms with Gasteiger partial charge in [-0.25, -0.2) is 13.4 Å². The molecule has 3 rings (SSSR count). The molecule has 7 nitrogen and oxygen atoms in total. The number of hydrogen-bond acceptors (Lipinski definition) is 7. The van der Waals surface area contributed by atoms with E-state index in [1.54, 1.807) is 20.0 Å². The summed E-state index contributed by atoms with van der Waals surface area (Å²) >= 11 is 1.32. The second-order valence-corrected chi connectivity index (χ2v) is 9.90. The van der Waals surface area contributed by atoms with Crippen molar-refractivity contribution in [3.05, 3.63) is 23.8 Å². The number of esters is 1. The maximum Gasteiger partial charge on any atom is 0.426 e. The van der Waals surface area contributed by atoms with Gasteiger partial charge in [0, 0.05) is 43.8 Å². The second-order valence-electron chi connectivity index (χ2n) is 8.72. The molecule has 1 aromatic carbocycles. The van der Waals surface area contributed by atoms with Crippen LogP contribution >= 0.6 is 12.1 Å². The van der Waals surface area contributed by atoms with Crippen molar-refractivity contribution in [2.45, 2.75) is 77.4 Å². The van der Waals surface area contributed by atoms with Crippen LogP contribution in [0.1, 0.15) is 64.9 Å². The molecule has 2 aliphatic rings. The van der Waals surface area contributed by atoms with Gasteiger partial charge in [0.2, 0.25) is 0 Å². The summed E-state index contributed by atoms with van der Waals surface area (Å²) < 4.78 is 20.4. The fourth-order valence-electron chi connectivity index (χ4n) is 4.11. The van der Waals surface area contributed by atoms with Gasteiger partial charge >= 0.3 is 12.1 Å². The lowest BCUT2D eigenvalue weighted by molar-refractivity contribution is -0.143. The van der Waals surface area contributed by atoms with Crippen molar-refractivity contribution < 1.29 is 23.8 Å². The van der Waals surface area contributed by atoms with Gasteiger partial charge in [-0.05, 0) is 39.7 Å². The summed E-state index contributed by atoms with van der Waals surface area (Å²) in [5.74, 6) is 0.871. The normalized spacial score (nSPS) is 17.7. The Hall–Kier alpha value is -1.93. The number of fused-ring (bicyclic) bond motifs is 1. The van der Waals surface area contributed by atoms with E-state index in [-0.39, 0.29) is 11.6 Å². The summed E-state index contributed by atoms with van der Waals surface area (Å²) in [6.45, 7) is 6.75. The third kappa shape index (κ3) is 6.53. The van der Waals surface area contributed by atoms with Crippen molar-refractivity contribution in [2.75, 3.05) is 20.2 Å². The Balaban J connectivity index is 1.63. The van der Waals surface area contributed by atoms with Crippen molar-refractivity contribution in [3.63, 3.8) is 0 Å². The van der Waals surface area contributed by atoms with Crippen LogP contribution in [0, 0.1) is 0 Å². The first-order valence-electron chi connectivity index (χ1n) is 11.2. The molecule has 1 fully saturated rings. The molecule has 0 radical (unpaired) electrons. The third-order valence-electron chi connectivity index (χ3n) is 5.56. The second kappa shape index (κ2) is 10.6. The Morgan fingerprint density at radius 2 is 1.97 bits per heavy atom. The fourth-order valence-corrected chi connectivity index (χ4v) is 5.05. The number of ether oxygens (including phenoxy) is 3. The van der Waals surface area contributed by atoms with E-state index in [0.717, 1.165) is 24.8 Å². The molecule has 0 bridgehead atoms. The zero-order valence-electron chi connectivity index (χ0n) is 19.0. The predicted octanol–water partition coefficient (Wildman–Crippen LogP) is 4.98. The van der Waals surface area contributed by atoms with E-state index in [9.17, 15) is 9.59 Å². The van der Waals surface area contributed by atoms with Gasteiger partial charge in [-0.2, -0.15) is 0 Å². The molecule has 0 atom stereocenters. The average Bonchev–Trinajstić information content (AvgIpc) is 3.06. The third-order valence-corrected chi connectivity index (χ3v) is 6.64. The van der Waals surface area contributed by atoms with Gasteiger partial charge < -0.3 is 14.2 Å². The van der Waals surface area contributed by atoms with Crippen LogP contribution in [0.25, 0.3) is 0 Å². The zero-order chi connectivity index (χ0) is 22.4. The summed E-state index contributed by atoms with van der Waals surface area (Å²) in [5.41, 5.74) is 0.736. The van der Waals surface area contributed by atoms with E-state index >= 15 is 0 Å². The van der Waals surface area contributed by atoms with Crippen LogP contribution < -0.4 is 9.47 Å². The number of para-hydroxylation sites is 1. The van der Waals surface area contributed by atoms with Crippen molar-refractivity contribution in [3.8, 4) is 11.5 Å². The molecule has 0 aromatic heterocycles. The van der Waals surface area contributed by atoms with Crippen LogP contribution in [0.4, 0.5) is 4.79 Å². The Kier molecular flexibility index (Phi) is 8.11. The van der Waals surface area contributed by atoms with Gasteiger partial charge in [-0.3, -0.25) is 4.79 Å². The molecule has 1 saturated carbocycles. The first kappa shape index (κ1) is 23.7. The van der Waals surface area contributed by atoms with Crippen molar-refractivity contribution in [1.29, 1.82) is 0 Å².